The molecule has 1 unspecified atom stereocenters. The van der Waals surface area contributed by atoms with Crippen molar-refractivity contribution in [3.05, 3.63) is 59.7 Å². The van der Waals surface area contributed by atoms with Gasteiger partial charge in [-0.2, -0.15) is 0 Å². The topological polar surface area (TPSA) is 66.5 Å². The summed E-state index contributed by atoms with van der Waals surface area (Å²) in [7, 11) is -3.69. The minimum absolute atomic E-state index is 0.0720. The van der Waals surface area contributed by atoms with Crippen LogP contribution in [0.2, 0.25) is 0 Å². The Hall–Kier alpha value is -2.34. The molecule has 0 aliphatic rings. The van der Waals surface area contributed by atoms with E-state index in [4.69, 9.17) is 0 Å². The molecule has 5 nitrogen and oxygen atoms in total. The predicted molar refractivity (Wildman–Crippen MR) is 105 cm³/mol. The van der Waals surface area contributed by atoms with Gasteiger partial charge < -0.3 is 5.32 Å². The normalized spacial score (nSPS) is 12.5. The molecule has 0 saturated heterocycles. The van der Waals surface area contributed by atoms with Gasteiger partial charge in [0, 0.05) is 18.2 Å². The van der Waals surface area contributed by atoms with Crippen molar-refractivity contribution in [3.8, 4) is 0 Å². The lowest BCUT2D eigenvalue weighted by atomic mass is 10.2. The molecule has 0 bridgehead atoms. The predicted octanol–water partition coefficient (Wildman–Crippen LogP) is 3.74. The number of carbonyl (C=O) groups is 1. The van der Waals surface area contributed by atoms with Gasteiger partial charge in [0.1, 0.15) is 0 Å². The van der Waals surface area contributed by atoms with Crippen LogP contribution in [0.1, 0.15) is 43.1 Å². The first-order valence-electron chi connectivity index (χ1n) is 8.80. The van der Waals surface area contributed by atoms with E-state index in [1.165, 1.54) is 16.4 Å². The maximum atomic E-state index is 13.0. The molecule has 0 fully saturated rings. The van der Waals surface area contributed by atoms with Crippen LogP contribution < -0.4 is 9.62 Å². The number of hydrogen-bond donors (Lipinski definition) is 1. The molecule has 1 amide bonds. The van der Waals surface area contributed by atoms with Crippen LogP contribution in [0.3, 0.4) is 0 Å². The lowest BCUT2D eigenvalue weighted by Crippen LogP contribution is -2.32. The molecule has 1 atom stereocenters. The third kappa shape index (κ3) is 4.43. The van der Waals surface area contributed by atoms with Crippen LogP contribution in [0.25, 0.3) is 0 Å². The lowest BCUT2D eigenvalue weighted by molar-refractivity contribution is 0.0939. The number of anilines is 1. The molecule has 2 rings (SSSR count). The zero-order valence-electron chi connectivity index (χ0n) is 15.7. The summed E-state index contributed by atoms with van der Waals surface area (Å²) in [5.41, 5.74) is 2.07. The van der Waals surface area contributed by atoms with E-state index in [1.807, 2.05) is 39.0 Å². The quantitative estimate of drug-likeness (QED) is 0.803. The average Bonchev–Trinajstić information content (AvgIpc) is 2.62. The smallest absolute Gasteiger partial charge is 0.264 e. The number of sulfonamides is 1. The minimum atomic E-state index is -3.69. The zero-order valence-corrected chi connectivity index (χ0v) is 16.5. The highest BCUT2D eigenvalue weighted by atomic mass is 32.2. The molecule has 0 aliphatic carbocycles. The Kier molecular flexibility index (Phi) is 6.42. The molecule has 0 saturated carbocycles. The van der Waals surface area contributed by atoms with E-state index in [1.54, 1.807) is 25.1 Å². The Bertz CT molecular complexity index is 861. The van der Waals surface area contributed by atoms with Gasteiger partial charge in [-0.1, -0.05) is 19.1 Å². The fourth-order valence-corrected chi connectivity index (χ4v) is 4.05. The van der Waals surface area contributed by atoms with E-state index in [0.29, 0.717) is 17.8 Å². The van der Waals surface area contributed by atoms with Gasteiger partial charge in [-0.15, -0.1) is 0 Å². The molecule has 0 aliphatic heterocycles. The summed E-state index contributed by atoms with van der Waals surface area (Å²) >= 11 is 0. The molecular formula is C20H26N2O3S. The van der Waals surface area contributed by atoms with Crippen LogP contribution >= 0.6 is 0 Å². The Balaban J connectivity index is 2.29. The van der Waals surface area contributed by atoms with Gasteiger partial charge in [-0.3, -0.25) is 9.10 Å². The second kappa shape index (κ2) is 8.36. The van der Waals surface area contributed by atoms with Crippen LogP contribution in [0.5, 0.6) is 0 Å². The SMILES string of the molecule is CCC(C)NC(=O)c1ccc(S(=O)(=O)N(CC)c2cccc(C)c2)cc1. The van der Waals surface area contributed by atoms with Crippen LogP contribution in [0, 0.1) is 6.92 Å². The number of rotatable bonds is 7. The number of aryl methyl sites for hydroxylation is 1. The second-order valence-corrected chi connectivity index (χ2v) is 8.18. The van der Waals surface area contributed by atoms with Crippen LogP contribution in [0.15, 0.2) is 53.4 Å². The van der Waals surface area contributed by atoms with Gasteiger partial charge in [0.25, 0.3) is 15.9 Å². The highest BCUT2D eigenvalue weighted by molar-refractivity contribution is 7.92. The third-order valence-electron chi connectivity index (χ3n) is 4.27. The Morgan fingerprint density at radius 3 is 2.31 bits per heavy atom. The van der Waals surface area contributed by atoms with Gasteiger partial charge in [-0.25, -0.2) is 8.42 Å². The van der Waals surface area contributed by atoms with Crippen molar-refractivity contribution in [3.63, 3.8) is 0 Å². The summed E-state index contributed by atoms with van der Waals surface area (Å²) in [6.45, 7) is 7.97. The first-order chi connectivity index (χ1) is 12.3. The highest BCUT2D eigenvalue weighted by Gasteiger charge is 2.24. The van der Waals surface area contributed by atoms with Crippen molar-refractivity contribution in [1.82, 2.24) is 5.32 Å². The largest absolute Gasteiger partial charge is 0.350 e. The first kappa shape index (κ1) is 20.0. The minimum Gasteiger partial charge on any atom is -0.350 e. The van der Waals surface area contributed by atoms with Gasteiger partial charge in [0.05, 0.1) is 10.6 Å². The summed E-state index contributed by atoms with van der Waals surface area (Å²) in [6.07, 6.45) is 0.833. The third-order valence-corrected chi connectivity index (χ3v) is 6.19. The van der Waals surface area contributed by atoms with Gasteiger partial charge in [0.15, 0.2) is 0 Å². The molecule has 0 radical (unpaired) electrons. The molecule has 0 aromatic heterocycles. The Morgan fingerprint density at radius 2 is 1.77 bits per heavy atom. The summed E-state index contributed by atoms with van der Waals surface area (Å²) in [5.74, 6) is -0.200. The molecule has 0 heterocycles. The molecular weight excluding hydrogens is 348 g/mol. The van der Waals surface area contributed by atoms with Gasteiger partial charge >= 0.3 is 0 Å². The van der Waals surface area contributed by atoms with E-state index in [2.05, 4.69) is 5.32 Å². The molecule has 1 N–H and O–H groups in total. The summed E-state index contributed by atoms with van der Waals surface area (Å²) in [5, 5.41) is 2.87. The number of benzene rings is 2. The molecule has 2 aromatic rings. The molecule has 2 aromatic carbocycles. The second-order valence-electron chi connectivity index (χ2n) is 6.32. The monoisotopic (exact) mass is 374 g/mol. The van der Waals surface area contributed by atoms with Gasteiger partial charge in [0.2, 0.25) is 0 Å². The molecule has 140 valence electrons. The Labute approximate surface area is 156 Å². The van der Waals surface area contributed by atoms with E-state index in [9.17, 15) is 13.2 Å². The number of nitrogens with zero attached hydrogens (tertiary/aromatic N) is 1. The van der Waals surface area contributed by atoms with Crippen LogP contribution in [-0.4, -0.2) is 26.9 Å². The van der Waals surface area contributed by atoms with Crippen LogP contribution in [-0.2, 0) is 10.0 Å². The summed E-state index contributed by atoms with van der Waals surface area (Å²) < 4.78 is 27.4. The molecule has 0 spiro atoms. The number of nitrogens with one attached hydrogen (secondary N) is 1. The van der Waals surface area contributed by atoms with Crippen molar-refractivity contribution in [2.45, 2.75) is 45.1 Å². The average molecular weight is 375 g/mol. The van der Waals surface area contributed by atoms with E-state index < -0.39 is 10.0 Å². The molecule has 26 heavy (non-hydrogen) atoms. The van der Waals surface area contributed by atoms with Crippen molar-refractivity contribution < 1.29 is 13.2 Å². The number of amides is 1. The van der Waals surface area contributed by atoms with Crippen molar-refractivity contribution in [1.29, 1.82) is 0 Å². The van der Waals surface area contributed by atoms with Crippen molar-refractivity contribution >= 4 is 21.6 Å². The maximum absolute atomic E-state index is 13.0. The zero-order chi connectivity index (χ0) is 19.3. The summed E-state index contributed by atoms with van der Waals surface area (Å²) in [6, 6.07) is 13.5. The van der Waals surface area contributed by atoms with Crippen LogP contribution in [0.4, 0.5) is 5.69 Å². The first-order valence-corrected chi connectivity index (χ1v) is 10.2. The fraction of sp³-hybridized carbons (Fsp3) is 0.350. The van der Waals surface area contributed by atoms with E-state index in [0.717, 1.165) is 12.0 Å². The highest BCUT2D eigenvalue weighted by Crippen LogP contribution is 2.24. The van der Waals surface area contributed by atoms with Crippen molar-refractivity contribution in [2.75, 3.05) is 10.8 Å². The number of hydrogen-bond acceptors (Lipinski definition) is 3. The maximum Gasteiger partial charge on any atom is 0.264 e. The van der Waals surface area contributed by atoms with Crippen molar-refractivity contribution in [2.24, 2.45) is 0 Å². The standard InChI is InChI=1S/C20H26N2O3S/c1-5-16(4)21-20(23)17-10-12-19(13-11-17)26(24,25)22(6-2)18-9-7-8-15(3)14-18/h7-14,16H,5-6H2,1-4H3,(H,21,23). The lowest BCUT2D eigenvalue weighted by Gasteiger charge is -2.23. The molecule has 6 heteroatoms. The number of carbonyl (C=O) groups excluding carboxylic acids is 1. The van der Waals surface area contributed by atoms with E-state index in [-0.39, 0.29) is 16.8 Å². The Morgan fingerprint density at radius 1 is 1.12 bits per heavy atom. The fourth-order valence-electron chi connectivity index (χ4n) is 2.59. The summed E-state index contributed by atoms with van der Waals surface area (Å²) in [4.78, 5) is 12.3. The van der Waals surface area contributed by atoms with Gasteiger partial charge in [-0.05, 0) is 69.2 Å². The van der Waals surface area contributed by atoms with E-state index >= 15 is 0 Å².